The van der Waals surface area contributed by atoms with E-state index in [-0.39, 0.29) is 36.4 Å². The second kappa shape index (κ2) is 17.0. The molecule has 0 bridgehead atoms. The minimum Gasteiger partial charge on any atom is -0.458 e. The molecule has 0 radical (unpaired) electrons. The topological polar surface area (TPSA) is 252 Å². The fourth-order valence-electron chi connectivity index (χ4n) is 2.98. The molecular weight excluding hydrogens is 537 g/mol. The molecule has 1 atom stereocenters. The van der Waals surface area contributed by atoms with Crippen LogP contribution in [0.25, 0.3) is 0 Å². The first-order chi connectivity index (χ1) is 16.4. The molecule has 1 unspecified atom stereocenters. The van der Waals surface area contributed by atoms with Gasteiger partial charge in [0.2, 0.25) is 0 Å². The SMILES string of the molecule is C/C(=C\CP(=O)(O)O[32P](=O)(O)O)CC/C=C(\C)COC(=O)c1cccc(C(=O)c2ccccc2)c1.N.N.N. The Morgan fingerprint density at radius 1 is 0.816 bits per heavy atom. The van der Waals surface area contributed by atoms with E-state index >= 15 is 0 Å². The Morgan fingerprint density at radius 3 is 2.00 bits per heavy atom. The zero-order chi connectivity index (χ0) is 26.1. The Morgan fingerprint density at radius 2 is 1.39 bits per heavy atom. The van der Waals surface area contributed by atoms with E-state index in [0.29, 0.717) is 24.0 Å². The summed E-state index contributed by atoms with van der Waals surface area (Å²) in [7, 11) is -9.48. The molecule has 0 amide bonds. The third kappa shape index (κ3) is 13.7. The minimum atomic E-state index is -5.05. The van der Waals surface area contributed by atoms with Crippen LogP contribution in [0.5, 0.6) is 0 Å². The van der Waals surface area contributed by atoms with Crippen molar-refractivity contribution in [2.75, 3.05) is 12.8 Å². The average Bonchev–Trinajstić information content (AvgIpc) is 2.80. The van der Waals surface area contributed by atoms with Gasteiger partial charge in [0, 0.05) is 11.1 Å². The number of allylic oxidation sites excluding steroid dienone is 3. The van der Waals surface area contributed by atoms with Crippen molar-refractivity contribution in [3.63, 3.8) is 0 Å². The number of ether oxygens (including phenoxy) is 1. The van der Waals surface area contributed by atoms with Gasteiger partial charge < -0.3 is 37.9 Å². The van der Waals surface area contributed by atoms with E-state index in [4.69, 9.17) is 14.5 Å². The van der Waals surface area contributed by atoms with Crippen LogP contribution in [0.1, 0.15) is 53.0 Å². The van der Waals surface area contributed by atoms with Gasteiger partial charge in [0.1, 0.15) is 6.61 Å². The largest absolute Gasteiger partial charge is 0.476 e. The van der Waals surface area contributed by atoms with Crippen molar-refractivity contribution in [3.05, 3.63) is 94.6 Å². The monoisotopic (exact) mass is 574 g/mol. The second-order valence-electron chi connectivity index (χ2n) is 7.88. The first kappa shape index (κ1) is 37.4. The molecule has 0 aliphatic rings. The predicted molar refractivity (Wildman–Crippen MR) is 146 cm³/mol. The number of hydrogen-bond donors (Lipinski definition) is 6. The molecule has 2 aromatic carbocycles. The lowest BCUT2D eigenvalue weighted by Crippen LogP contribution is -2.09. The fraction of sp³-hybridized carbons (Fsp3) is 0.250. The van der Waals surface area contributed by atoms with Crippen molar-refractivity contribution in [1.29, 1.82) is 0 Å². The summed E-state index contributed by atoms with van der Waals surface area (Å²) in [6.07, 6.45) is 3.80. The predicted octanol–water partition coefficient (Wildman–Crippen LogP) is 5.53. The van der Waals surface area contributed by atoms with Crippen LogP contribution in [0, 0.1) is 0 Å². The first-order valence-corrected chi connectivity index (χ1v) is 13.9. The zero-order valence-corrected chi connectivity index (χ0v) is 23.3. The van der Waals surface area contributed by atoms with Gasteiger partial charge in [-0.25, -0.2) is 13.7 Å². The van der Waals surface area contributed by atoms with Gasteiger partial charge in [0.05, 0.1) is 11.7 Å². The Balaban J connectivity index is 0. The van der Waals surface area contributed by atoms with Gasteiger partial charge in [-0.05, 0) is 44.4 Å². The number of phosphoric acid groups is 1. The Bertz CT molecular complexity index is 1210. The van der Waals surface area contributed by atoms with Crippen LogP contribution in [0.4, 0.5) is 0 Å². The first-order valence-electron chi connectivity index (χ1n) is 10.6. The number of hydrogen-bond acceptors (Lipinski definition) is 9. The number of esters is 1. The molecule has 2 rings (SSSR count). The van der Waals surface area contributed by atoms with Gasteiger partial charge in [-0.15, -0.1) is 0 Å². The zero-order valence-electron chi connectivity index (χ0n) is 21.5. The van der Waals surface area contributed by atoms with Crippen LogP contribution in [0.15, 0.2) is 77.9 Å². The summed E-state index contributed by atoms with van der Waals surface area (Å²) < 4.78 is 31.6. The normalized spacial score (nSPS) is 13.2. The van der Waals surface area contributed by atoms with Gasteiger partial charge in [0.15, 0.2) is 5.78 Å². The molecule has 0 aromatic heterocycles. The second-order valence-corrected chi connectivity index (χ2v) is 11.2. The quantitative estimate of drug-likeness (QED) is 0.0792. The van der Waals surface area contributed by atoms with Crippen LogP contribution in [0.2, 0.25) is 0 Å². The molecular formula is C24H37N3O9P2. The molecule has 12 nitrogen and oxygen atoms in total. The summed E-state index contributed by atoms with van der Waals surface area (Å²) in [6.45, 7) is 3.56. The van der Waals surface area contributed by atoms with Gasteiger partial charge in [-0.2, -0.15) is 0 Å². The molecule has 2 aromatic rings. The van der Waals surface area contributed by atoms with E-state index in [2.05, 4.69) is 4.31 Å². The van der Waals surface area contributed by atoms with Crippen LogP contribution >= 0.6 is 15.4 Å². The van der Waals surface area contributed by atoms with Crippen LogP contribution < -0.4 is 18.5 Å². The molecule has 12 N–H and O–H groups in total. The molecule has 0 fully saturated rings. The Labute approximate surface area is 222 Å². The van der Waals surface area contributed by atoms with Crippen molar-refractivity contribution in [3.8, 4) is 0 Å². The van der Waals surface area contributed by atoms with E-state index in [9.17, 15) is 23.6 Å². The Hall–Kier alpha value is -2.76. The summed E-state index contributed by atoms with van der Waals surface area (Å²) >= 11 is 0. The molecule has 38 heavy (non-hydrogen) atoms. The van der Waals surface area contributed by atoms with Crippen LogP contribution in [-0.4, -0.2) is 39.2 Å². The smallest absolute Gasteiger partial charge is 0.458 e. The number of rotatable bonds is 12. The van der Waals surface area contributed by atoms with Gasteiger partial charge >= 0.3 is 21.4 Å². The molecule has 0 aliphatic carbocycles. The summed E-state index contributed by atoms with van der Waals surface area (Å²) in [6, 6.07) is 15.1. The summed E-state index contributed by atoms with van der Waals surface area (Å²) in [4.78, 5) is 51.8. The standard InChI is InChI=1S/C24H28O9P2.3H3N/c1-18(14-15-34(27,28)33-35(29,30)31)8-6-9-19(2)17-32-24(26)22-13-7-12-21(16-22)23(25)20-10-4-3-5-11-20;;;/h3-5,7,9-14,16H,6,8,15,17H2,1-2H3,(H,27,28)(H2,29,30,31);3*1H3/b18-14+,19-9+;;;/i35+1;;;. The van der Waals surface area contributed by atoms with E-state index in [0.717, 1.165) is 11.1 Å². The van der Waals surface area contributed by atoms with Crippen LogP contribution in [-0.2, 0) is 18.2 Å². The van der Waals surface area contributed by atoms with Gasteiger partial charge in [-0.3, -0.25) is 9.36 Å². The van der Waals surface area contributed by atoms with Crippen LogP contribution in [0.3, 0.4) is 0 Å². The highest BCUT2D eigenvalue weighted by Gasteiger charge is 2.29. The molecule has 0 saturated carbocycles. The molecule has 0 saturated heterocycles. The molecule has 0 heterocycles. The molecule has 14 heteroatoms. The number of carbonyl (C=O) groups excluding carboxylic acids is 2. The minimum absolute atomic E-state index is 0. The van der Waals surface area contributed by atoms with Crippen molar-refractivity contribution >= 4 is 27.2 Å². The highest BCUT2D eigenvalue weighted by Crippen LogP contribution is 2.56. The van der Waals surface area contributed by atoms with E-state index in [1.807, 2.05) is 12.1 Å². The van der Waals surface area contributed by atoms with Crippen molar-refractivity contribution in [2.24, 2.45) is 0 Å². The average molecular weight is 575 g/mol. The lowest BCUT2D eigenvalue weighted by Gasteiger charge is -2.11. The van der Waals surface area contributed by atoms with Gasteiger partial charge in [-0.1, -0.05) is 60.2 Å². The molecule has 0 aliphatic heterocycles. The third-order valence-corrected chi connectivity index (χ3v) is 7.28. The molecule has 212 valence electrons. The summed E-state index contributed by atoms with van der Waals surface area (Å²) in [5.74, 6) is -0.745. The highest BCUT2D eigenvalue weighted by molar-refractivity contribution is 7.63. The maximum atomic E-state index is 12.6. The fourth-order valence-corrected chi connectivity index (χ4v) is 5.12. The van der Waals surface area contributed by atoms with Crippen molar-refractivity contribution < 1.29 is 42.4 Å². The van der Waals surface area contributed by atoms with Crippen molar-refractivity contribution in [1.82, 2.24) is 18.5 Å². The van der Waals surface area contributed by atoms with E-state index in [1.54, 1.807) is 56.3 Å². The number of benzene rings is 2. The lowest BCUT2D eigenvalue weighted by atomic mass is 10.0. The van der Waals surface area contributed by atoms with Gasteiger partial charge in [0.25, 0.3) is 0 Å². The third-order valence-electron chi connectivity index (χ3n) is 4.76. The lowest BCUT2D eigenvalue weighted by molar-refractivity contribution is 0.0539. The van der Waals surface area contributed by atoms with E-state index < -0.39 is 27.5 Å². The Kier molecular flexibility index (Phi) is 16.7. The highest BCUT2D eigenvalue weighted by atomic mass is 32.2. The summed E-state index contributed by atoms with van der Waals surface area (Å²) in [5, 5.41) is 0. The van der Waals surface area contributed by atoms with E-state index in [1.165, 1.54) is 12.1 Å². The maximum absolute atomic E-state index is 12.6. The maximum Gasteiger partial charge on any atom is 0.476 e. The van der Waals surface area contributed by atoms with Crippen molar-refractivity contribution in [2.45, 2.75) is 26.7 Å². The summed E-state index contributed by atoms with van der Waals surface area (Å²) in [5.41, 5.74) is 2.70. The number of carbonyl (C=O) groups is 2. The molecule has 0 spiro atoms. The number of ketones is 1.